The van der Waals surface area contributed by atoms with Crippen molar-refractivity contribution in [1.29, 1.82) is 0 Å². The number of rotatable bonds is 4. The van der Waals surface area contributed by atoms with Crippen LogP contribution in [0.3, 0.4) is 0 Å². The number of amides is 2. The molecule has 19 heavy (non-hydrogen) atoms. The molecule has 0 saturated heterocycles. The molecule has 2 amide bonds. The van der Waals surface area contributed by atoms with E-state index in [1.807, 2.05) is 31.2 Å². The van der Waals surface area contributed by atoms with E-state index < -0.39 is 0 Å². The summed E-state index contributed by atoms with van der Waals surface area (Å²) in [6.07, 6.45) is 0.811. The number of carbonyl (C=O) groups excluding carboxylic acids is 1. The van der Waals surface area contributed by atoms with Crippen LogP contribution < -0.4 is 10.6 Å². The Morgan fingerprint density at radius 1 is 1.42 bits per heavy atom. The summed E-state index contributed by atoms with van der Waals surface area (Å²) in [4.78, 5) is 11.8. The molecule has 0 fully saturated rings. The zero-order valence-electron chi connectivity index (χ0n) is 10.3. The first-order chi connectivity index (χ1) is 9.19. The Bertz CT molecular complexity index is 529. The summed E-state index contributed by atoms with van der Waals surface area (Å²) in [6.45, 7) is 2.03. The van der Waals surface area contributed by atoms with E-state index >= 15 is 0 Å². The quantitative estimate of drug-likeness (QED) is 0.893. The average molecular weight is 341 g/mol. The van der Waals surface area contributed by atoms with Crippen LogP contribution in [0.2, 0.25) is 0 Å². The molecule has 0 aliphatic rings. The van der Waals surface area contributed by atoms with E-state index in [0.717, 1.165) is 16.5 Å². The minimum Gasteiger partial charge on any atom is -0.331 e. The molecule has 0 bridgehead atoms. The smallest absolute Gasteiger partial charge is 0.321 e. The van der Waals surface area contributed by atoms with Gasteiger partial charge in [0.2, 0.25) is 5.13 Å². The molecule has 1 atom stereocenters. The normalized spacial score (nSPS) is 11.9. The van der Waals surface area contributed by atoms with Gasteiger partial charge in [0, 0.05) is 4.47 Å². The topological polar surface area (TPSA) is 66.9 Å². The Hall–Kier alpha value is -1.47. The van der Waals surface area contributed by atoms with Gasteiger partial charge < -0.3 is 5.32 Å². The van der Waals surface area contributed by atoms with Gasteiger partial charge >= 0.3 is 6.03 Å². The molecule has 5 nitrogen and oxygen atoms in total. The fraction of sp³-hybridized carbons (Fsp3) is 0.250. The predicted molar refractivity (Wildman–Crippen MR) is 79.2 cm³/mol. The standard InChI is InChI=1S/C12H13BrN4OS/c1-2-10(8-3-5-9(13)6-4-8)15-11(18)16-12-17-14-7-19-12/h3-7,10H,2H2,1H3,(H2,15,16,17,18). The summed E-state index contributed by atoms with van der Waals surface area (Å²) < 4.78 is 1.02. The number of nitrogens with zero attached hydrogens (tertiary/aromatic N) is 2. The molecular formula is C12H13BrN4OS. The van der Waals surface area contributed by atoms with E-state index in [0.29, 0.717) is 5.13 Å². The van der Waals surface area contributed by atoms with Gasteiger partial charge in [-0.2, -0.15) is 0 Å². The monoisotopic (exact) mass is 340 g/mol. The third kappa shape index (κ3) is 4.00. The number of carbonyl (C=O) groups is 1. The van der Waals surface area contributed by atoms with Crippen molar-refractivity contribution in [3.63, 3.8) is 0 Å². The number of nitrogens with one attached hydrogen (secondary N) is 2. The Morgan fingerprint density at radius 3 is 2.74 bits per heavy atom. The Morgan fingerprint density at radius 2 is 2.16 bits per heavy atom. The van der Waals surface area contributed by atoms with Crippen LogP contribution in [-0.4, -0.2) is 16.2 Å². The van der Waals surface area contributed by atoms with Gasteiger partial charge in [-0.05, 0) is 24.1 Å². The number of hydrogen-bond acceptors (Lipinski definition) is 4. The Kier molecular flexibility index (Phi) is 4.86. The van der Waals surface area contributed by atoms with Gasteiger partial charge in [-0.25, -0.2) is 4.79 Å². The fourth-order valence-corrected chi connectivity index (χ4v) is 2.34. The highest BCUT2D eigenvalue weighted by atomic mass is 79.9. The largest absolute Gasteiger partial charge is 0.331 e. The molecule has 1 aromatic heterocycles. The molecule has 2 N–H and O–H groups in total. The molecule has 2 rings (SSSR count). The summed E-state index contributed by atoms with van der Waals surface area (Å²) in [5, 5.41) is 13.5. The van der Waals surface area contributed by atoms with Crippen molar-refractivity contribution in [2.24, 2.45) is 0 Å². The van der Waals surface area contributed by atoms with Crippen LogP contribution in [0.15, 0.2) is 34.2 Å². The summed E-state index contributed by atoms with van der Waals surface area (Å²) in [6, 6.07) is 7.60. The van der Waals surface area contributed by atoms with Crippen LogP contribution in [0.4, 0.5) is 9.93 Å². The predicted octanol–water partition coefficient (Wildman–Crippen LogP) is 3.57. The lowest BCUT2D eigenvalue weighted by molar-refractivity contribution is 0.248. The highest BCUT2D eigenvalue weighted by Gasteiger charge is 2.13. The van der Waals surface area contributed by atoms with E-state index in [9.17, 15) is 4.79 Å². The fourth-order valence-electron chi connectivity index (χ4n) is 1.64. The van der Waals surface area contributed by atoms with Crippen molar-refractivity contribution < 1.29 is 4.79 Å². The van der Waals surface area contributed by atoms with Crippen LogP contribution in [0, 0.1) is 0 Å². The van der Waals surface area contributed by atoms with Crippen LogP contribution >= 0.6 is 27.3 Å². The molecule has 1 aromatic carbocycles. The summed E-state index contributed by atoms with van der Waals surface area (Å²) in [5.41, 5.74) is 2.64. The van der Waals surface area contributed by atoms with E-state index in [-0.39, 0.29) is 12.1 Å². The minimum absolute atomic E-state index is 0.0268. The van der Waals surface area contributed by atoms with Crippen LogP contribution in [0.25, 0.3) is 0 Å². The van der Waals surface area contributed by atoms with Gasteiger partial charge in [0.1, 0.15) is 5.51 Å². The average Bonchev–Trinajstić information content (AvgIpc) is 2.90. The van der Waals surface area contributed by atoms with Gasteiger partial charge in [-0.15, -0.1) is 10.2 Å². The second-order valence-corrected chi connectivity index (χ2v) is 5.60. The highest BCUT2D eigenvalue weighted by molar-refractivity contribution is 9.10. The molecule has 100 valence electrons. The maximum atomic E-state index is 11.8. The number of benzene rings is 1. The first-order valence-corrected chi connectivity index (χ1v) is 7.45. The molecule has 0 aliphatic heterocycles. The van der Waals surface area contributed by atoms with Crippen molar-refractivity contribution in [3.8, 4) is 0 Å². The zero-order chi connectivity index (χ0) is 13.7. The first-order valence-electron chi connectivity index (χ1n) is 5.78. The van der Waals surface area contributed by atoms with Crippen LogP contribution in [0.5, 0.6) is 0 Å². The lowest BCUT2D eigenvalue weighted by Crippen LogP contribution is -2.32. The molecule has 0 aliphatic carbocycles. The van der Waals surface area contributed by atoms with Gasteiger partial charge in [0.15, 0.2) is 0 Å². The lowest BCUT2D eigenvalue weighted by Gasteiger charge is -2.17. The van der Waals surface area contributed by atoms with Gasteiger partial charge in [0.25, 0.3) is 0 Å². The van der Waals surface area contributed by atoms with Crippen molar-refractivity contribution >= 4 is 38.4 Å². The summed E-state index contributed by atoms with van der Waals surface area (Å²) in [7, 11) is 0. The van der Waals surface area contributed by atoms with E-state index in [1.54, 1.807) is 5.51 Å². The SMILES string of the molecule is CCC(NC(=O)Nc1nncs1)c1ccc(Br)cc1. The van der Waals surface area contributed by atoms with Crippen molar-refractivity contribution in [3.05, 3.63) is 39.8 Å². The van der Waals surface area contributed by atoms with Gasteiger partial charge in [0.05, 0.1) is 6.04 Å². The molecule has 7 heteroatoms. The highest BCUT2D eigenvalue weighted by Crippen LogP contribution is 2.19. The molecule has 2 aromatic rings. The van der Waals surface area contributed by atoms with Crippen molar-refractivity contribution in [1.82, 2.24) is 15.5 Å². The third-order valence-electron chi connectivity index (χ3n) is 2.57. The van der Waals surface area contributed by atoms with Crippen molar-refractivity contribution in [2.75, 3.05) is 5.32 Å². The van der Waals surface area contributed by atoms with E-state index in [2.05, 4.69) is 36.8 Å². The number of urea groups is 1. The molecular weight excluding hydrogens is 328 g/mol. The summed E-state index contributed by atoms with van der Waals surface area (Å²) >= 11 is 4.68. The molecule has 0 radical (unpaired) electrons. The van der Waals surface area contributed by atoms with E-state index in [4.69, 9.17) is 0 Å². The van der Waals surface area contributed by atoms with Gasteiger partial charge in [-0.1, -0.05) is 46.3 Å². The number of hydrogen-bond donors (Lipinski definition) is 2. The van der Waals surface area contributed by atoms with Gasteiger partial charge in [-0.3, -0.25) is 5.32 Å². The third-order valence-corrected chi connectivity index (χ3v) is 3.70. The number of halogens is 1. The molecule has 1 unspecified atom stereocenters. The number of aromatic nitrogens is 2. The zero-order valence-corrected chi connectivity index (χ0v) is 12.7. The molecule has 1 heterocycles. The summed E-state index contributed by atoms with van der Waals surface area (Å²) in [5.74, 6) is 0. The second-order valence-electron chi connectivity index (χ2n) is 3.85. The molecule has 0 spiro atoms. The Balaban J connectivity index is 1.98. The maximum absolute atomic E-state index is 11.8. The van der Waals surface area contributed by atoms with Crippen molar-refractivity contribution in [2.45, 2.75) is 19.4 Å². The maximum Gasteiger partial charge on any atom is 0.321 e. The minimum atomic E-state index is -0.272. The lowest BCUT2D eigenvalue weighted by atomic mass is 10.1. The first kappa shape index (κ1) is 14.0. The molecule has 0 saturated carbocycles. The van der Waals surface area contributed by atoms with Crippen LogP contribution in [-0.2, 0) is 0 Å². The Labute approximate surface area is 123 Å². The van der Waals surface area contributed by atoms with Crippen LogP contribution in [0.1, 0.15) is 24.9 Å². The number of anilines is 1. The second kappa shape index (κ2) is 6.63. The van der Waals surface area contributed by atoms with E-state index in [1.165, 1.54) is 11.3 Å².